The Morgan fingerprint density at radius 3 is 2.43 bits per heavy atom. The maximum absolute atomic E-state index is 8.86. The van der Waals surface area contributed by atoms with E-state index in [1.807, 2.05) is 30.1 Å². The third-order valence-electron chi connectivity index (χ3n) is 2.03. The van der Waals surface area contributed by atoms with Crippen molar-refractivity contribution in [1.29, 1.82) is 0 Å². The molecule has 0 radical (unpaired) electrons. The molecule has 76 valence electrons. The van der Waals surface area contributed by atoms with Crippen molar-refractivity contribution in [3.63, 3.8) is 0 Å². The molecule has 0 fully saturated rings. The van der Waals surface area contributed by atoms with E-state index in [-0.39, 0.29) is 13.2 Å². The molecular formula is C11H16NO2+. The second kappa shape index (κ2) is 5.55. The van der Waals surface area contributed by atoms with Gasteiger partial charge < -0.3 is 15.1 Å². The Kier molecular flexibility index (Phi) is 4.33. The molecule has 0 atom stereocenters. The molecule has 0 amide bonds. The SMILES string of the molecule is CC1=[C+]C=CC(N(CCO)CCO)=C1. The smallest absolute Gasteiger partial charge is 0.151 e. The average Bonchev–Trinajstić information content (AvgIpc) is 2.17. The Labute approximate surface area is 84.7 Å². The summed E-state index contributed by atoms with van der Waals surface area (Å²) >= 11 is 0. The van der Waals surface area contributed by atoms with Gasteiger partial charge in [-0.2, -0.15) is 0 Å². The van der Waals surface area contributed by atoms with Crippen LogP contribution in [0.1, 0.15) is 6.92 Å². The van der Waals surface area contributed by atoms with E-state index in [1.165, 1.54) is 0 Å². The summed E-state index contributed by atoms with van der Waals surface area (Å²) in [6.45, 7) is 3.25. The predicted octanol–water partition coefficient (Wildman–Crippen LogP) is 0.476. The van der Waals surface area contributed by atoms with E-state index in [2.05, 4.69) is 6.08 Å². The molecule has 0 unspecified atom stereocenters. The summed E-state index contributed by atoms with van der Waals surface area (Å²) in [5, 5.41) is 17.7. The van der Waals surface area contributed by atoms with Crippen molar-refractivity contribution in [2.24, 2.45) is 0 Å². The molecule has 0 saturated carbocycles. The van der Waals surface area contributed by atoms with Gasteiger partial charge in [-0.1, -0.05) is 0 Å². The molecule has 3 heteroatoms. The number of aliphatic hydroxyl groups excluding tert-OH is 2. The molecule has 0 aromatic rings. The normalized spacial score (nSPS) is 14.5. The fourth-order valence-electron chi connectivity index (χ4n) is 1.38. The van der Waals surface area contributed by atoms with E-state index in [9.17, 15) is 0 Å². The maximum atomic E-state index is 8.86. The molecule has 3 nitrogen and oxygen atoms in total. The first kappa shape index (κ1) is 10.9. The lowest BCUT2D eigenvalue weighted by atomic mass is 10.1. The summed E-state index contributed by atoms with van der Waals surface area (Å²) < 4.78 is 0. The van der Waals surface area contributed by atoms with E-state index in [0.717, 1.165) is 11.3 Å². The monoisotopic (exact) mass is 194 g/mol. The Morgan fingerprint density at radius 1 is 1.29 bits per heavy atom. The molecule has 1 aliphatic carbocycles. The van der Waals surface area contributed by atoms with E-state index >= 15 is 0 Å². The lowest BCUT2D eigenvalue weighted by molar-refractivity contribution is 0.192. The lowest BCUT2D eigenvalue weighted by Gasteiger charge is -2.20. The molecule has 14 heavy (non-hydrogen) atoms. The quantitative estimate of drug-likeness (QED) is 0.625. The van der Waals surface area contributed by atoms with Crippen LogP contribution in [0.15, 0.2) is 29.5 Å². The second-order valence-electron chi connectivity index (χ2n) is 3.16. The lowest BCUT2D eigenvalue weighted by Crippen LogP contribution is -2.29. The highest BCUT2D eigenvalue weighted by Gasteiger charge is 2.13. The van der Waals surface area contributed by atoms with Gasteiger partial charge in [0.2, 0.25) is 0 Å². The third kappa shape index (κ3) is 2.96. The van der Waals surface area contributed by atoms with Crippen molar-refractivity contribution in [2.45, 2.75) is 6.92 Å². The fraction of sp³-hybridized carbons (Fsp3) is 0.455. The van der Waals surface area contributed by atoms with E-state index in [0.29, 0.717) is 13.1 Å². The summed E-state index contributed by atoms with van der Waals surface area (Å²) in [4.78, 5) is 1.95. The summed E-state index contributed by atoms with van der Waals surface area (Å²) in [7, 11) is 0. The Hall–Kier alpha value is -1.15. The van der Waals surface area contributed by atoms with Gasteiger partial charge in [-0.25, -0.2) is 0 Å². The molecule has 0 heterocycles. The van der Waals surface area contributed by atoms with Crippen molar-refractivity contribution >= 4 is 0 Å². The topological polar surface area (TPSA) is 43.7 Å². The molecule has 0 spiro atoms. The number of rotatable bonds is 5. The molecule has 0 saturated heterocycles. The Morgan fingerprint density at radius 2 is 1.93 bits per heavy atom. The van der Waals surface area contributed by atoms with Crippen LogP contribution in [0, 0.1) is 6.08 Å². The van der Waals surface area contributed by atoms with Crippen molar-refractivity contribution in [3.05, 3.63) is 35.6 Å². The molecule has 0 aromatic carbocycles. The maximum Gasteiger partial charge on any atom is 0.151 e. The number of hydrogen-bond donors (Lipinski definition) is 2. The zero-order valence-electron chi connectivity index (χ0n) is 8.40. The van der Waals surface area contributed by atoms with Gasteiger partial charge in [0.15, 0.2) is 5.70 Å². The second-order valence-corrected chi connectivity index (χ2v) is 3.16. The van der Waals surface area contributed by atoms with Gasteiger partial charge in [0, 0.05) is 19.2 Å². The third-order valence-corrected chi connectivity index (χ3v) is 2.03. The van der Waals surface area contributed by atoms with Crippen LogP contribution in [0.3, 0.4) is 0 Å². The van der Waals surface area contributed by atoms with Gasteiger partial charge in [0.1, 0.15) is 11.6 Å². The van der Waals surface area contributed by atoms with Crippen LogP contribution in [0.25, 0.3) is 0 Å². The van der Waals surface area contributed by atoms with Crippen LogP contribution in [0.5, 0.6) is 0 Å². The minimum absolute atomic E-state index is 0.0949. The van der Waals surface area contributed by atoms with Crippen molar-refractivity contribution in [3.8, 4) is 0 Å². The van der Waals surface area contributed by atoms with Crippen molar-refractivity contribution < 1.29 is 10.2 Å². The number of hydrogen-bond acceptors (Lipinski definition) is 3. The summed E-state index contributed by atoms with van der Waals surface area (Å²) in [6.07, 6.45) is 8.83. The van der Waals surface area contributed by atoms with Gasteiger partial charge in [0.25, 0.3) is 0 Å². The van der Waals surface area contributed by atoms with Gasteiger partial charge >= 0.3 is 0 Å². The van der Waals surface area contributed by atoms with Crippen LogP contribution in [0.4, 0.5) is 0 Å². The molecule has 1 rings (SSSR count). The van der Waals surface area contributed by atoms with Crippen LogP contribution >= 0.6 is 0 Å². The largest absolute Gasteiger partial charge is 0.395 e. The van der Waals surface area contributed by atoms with E-state index < -0.39 is 0 Å². The van der Waals surface area contributed by atoms with E-state index in [4.69, 9.17) is 10.2 Å². The van der Waals surface area contributed by atoms with Crippen LogP contribution in [0.2, 0.25) is 0 Å². The molecule has 0 aromatic heterocycles. The summed E-state index contributed by atoms with van der Waals surface area (Å²) in [6, 6.07) is 0. The zero-order valence-corrected chi connectivity index (χ0v) is 8.40. The Bertz CT molecular complexity index is 260. The first-order valence-electron chi connectivity index (χ1n) is 4.73. The molecule has 0 bridgehead atoms. The predicted molar refractivity (Wildman–Crippen MR) is 55.4 cm³/mol. The molecule has 1 aliphatic rings. The van der Waals surface area contributed by atoms with Crippen molar-refractivity contribution in [2.75, 3.05) is 26.3 Å². The fourth-order valence-corrected chi connectivity index (χ4v) is 1.38. The summed E-state index contributed by atoms with van der Waals surface area (Å²) in [5.41, 5.74) is 2.08. The van der Waals surface area contributed by atoms with Crippen LogP contribution in [-0.4, -0.2) is 41.4 Å². The highest BCUT2D eigenvalue weighted by Crippen LogP contribution is 2.13. The van der Waals surface area contributed by atoms with Crippen molar-refractivity contribution in [1.82, 2.24) is 4.90 Å². The molecule has 0 aliphatic heterocycles. The standard InChI is InChI=1S/C11H16NO2/c1-10-3-2-4-11(9-10)12(5-7-13)6-8-14/h2,4,9,13-14H,5-8H2,1H3/q+1. The number of allylic oxidation sites excluding steroid dienone is 5. The van der Waals surface area contributed by atoms with Gasteiger partial charge in [0.05, 0.1) is 25.4 Å². The van der Waals surface area contributed by atoms with Crippen LogP contribution < -0.4 is 0 Å². The summed E-state index contributed by atoms with van der Waals surface area (Å²) in [5.74, 6) is 0. The first-order valence-corrected chi connectivity index (χ1v) is 4.73. The minimum Gasteiger partial charge on any atom is -0.395 e. The minimum atomic E-state index is 0.0949. The molecular weight excluding hydrogens is 178 g/mol. The van der Waals surface area contributed by atoms with E-state index in [1.54, 1.807) is 0 Å². The highest BCUT2D eigenvalue weighted by atomic mass is 16.3. The Balaban J connectivity index is 2.68. The highest BCUT2D eigenvalue weighted by molar-refractivity contribution is 5.34. The molecule has 2 N–H and O–H groups in total. The van der Waals surface area contributed by atoms with Gasteiger partial charge in [-0.15, -0.1) is 0 Å². The first-order chi connectivity index (χ1) is 6.77. The number of aliphatic hydroxyl groups is 2. The number of nitrogens with zero attached hydrogens (tertiary/aromatic N) is 1. The van der Waals surface area contributed by atoms with Gasteiger partial charge in [-0.3, -0.25) is 0 Å². The van der Waals surface area contributed by atoms with Gasteiger partial charge in [-0.05, 0) is 6.92 Å². The zero-order chi connectivity index (χ0) is 10.4. The average molecular weight is 194 g/mol. The van der Waals surface area contributed by atoms with Crippen LogP contribution in [-0.2, 0) is 0 Å².